The first-order valence-corrected chi connectivity index (χ1v) is 7.00. The predicted octanol–water partition coefficient (Wildman–Crippen LogP) is 1.99. The van der Waals surface area contributed by atoms with Crippen LogP contribution in [-0.4, -0.2) is 41.3 Å². The maximum Gasteiger partial charge on any atom is 0.0558 e. The molecule has 0 bridgehead atoms. The molecule has 17 heavy (non-hydrogen) atoms. The zero-order chi connectivity index (χ0) is 13.1. The molecule has 3 N–H and O–H groups in total. The Labute approximate surface area is 106 Å². The quantitative estimate of drug-likeness (QED) is 0.775. The summed E-state index contributed by atoms with van der Waals surface area (Å²) < 4.78 is 0. The molecule has 2 unspecified atom stereocenters. The van der Waals surface area contributed by atoms with Crippen molar-refractivity contribution in [1.82, 2.24) is 4.90 Å². The van der Waals surface area contributed by atoms with Gasteiger partial charge >= 0.3 is 0 Å². The van der Waals surface area contributed by atoms with Gasteiger partial charge in [0.2, 0.25) is 0 Å². The third kappa shape index (κ3) is 3.94. The number of hydrogen-bond donors (Lipinski definition) is 2. The van der Waals surface area contributed by atoms with E-state index in [0.29, 0.717) is 12.1 Å². The number of aliphatic hydroxyl groups is 1. The summed E-state index contributed by atoms with van der Waals surface area (Å²) >= 11 is 0. The van der Waals surface area contributed by atoms with Crippen LogP contribution in [0.5, 0.6) is 0 Å². The molecular weight excluding hydrogens is 212 g/mol. The van der Waals surface area contributed by atoms with E-state index < -0.39 is 0 Å². The van der Waals surface area contributed by atoms with E-state index in [1.54, 1.807) is 0 Å². The van der Waals surface area contributed by atoms with Crippen LogP contribution < -0.4 is 5.73 Å². The molecule has 0 spiro atoms. The van der Waals surface area contributed by atoms with Crippen LogP contribution >= 0.6 is 0 Å². The molecular formula is C14H30N2O. The minimum Gasteiger partial charge on any atom is -0.395 e. The summed E-state index contributed by atoms with van der Waals surface area (Å²) in [7, 11) is 0. The Balaban J connectivity index is 2.84. The van der Waals surface area contributed by atoms with Gasteiger partial charge in [0.05, 0.1) is 6.61 Å². The van der Waals surface area contributed by atoms with Gasteiger partial charge in [0.25, 0.3) is 0 Å². The van der Waals surface area contributed by atoms with Crippen molar-refractivity contribution in [3.63, 3.8) is 0 Å². The van der Waals surface area contributed by atoms with E-state index in [9.17, 15) is 5.11 Å². The molecule has 1 fully saturated rings. The van der Waals surface area contributed by atoms with Gasteiger partial charge in [-0.15, -0.1) is 0 Å². The molecule has 2 atom stereocenters. The van der Waals surface area contributed by atoms with Crippen molar-refractivity contribution in [3.8, 4) is 0 Å². The Hall–Kier alpha value is -0.120. The molecule has 1 saturated carbocycles. The fourth-order valence-corrected chi connectivity index (χ4v) is 3.49. The number of nitrogens with zero attached hydrogens (tertiary/aromatic N) is 1. The first kappa shape index (κ1) is 14.9. The van der Waals surface area contributed by atoms with Crippen LogP contribution in [-0.2, 0) is 0 Å². The average molecular weight is 242 g/mol. The van der Waals surface area contributed by atoms with Crippen molar-refractivity contribution in [3.05, 3.63) is 0 Å². The van der Waals surface area contributed by atoms with E-state index in [1.165, 1.54) is 25.7 Å². The van der Waals surface area contributed by atoms with E-state index in [0.717, 1.165) is 6.54 Å². The molecule has 0 radical (unpaired) electrons. The Kier molecular flexibility index (Phi) is 5.42. The van der Waals surface area contributed by atoms with Gasteiger partial charge in [0, 0.05) is 24.7 Å². The number of rotatable bonds is 5. The Morgan fingerprint density at radius 2 is 1.82 bits per heavy atom. The van der Waals surface area contributed by atoms with Gasteiger partial charge in [0.15, 0.2) is 0 Å². The maximum atomic E-state index is 9.31. The largest absolute Gasteiger partial charge is 0.395 e. The molecule has 3 nitrogen and oxygen atoms in total. The lowest BCUT2D eigenvalue weighted by atomic mass is 9.81. The first-order chi connectivity index (χ1) is 7.88. The summed E-state index contributed by atoms with van der Waals surface area (Å²) in [6, 6.07) is 1.11. The van der Waals surface area contributed by atoms with Crippen molar-refractivity contribution in [2.24, 2.45) is 11.1 Å². The summed E-state index contributed by atoms with van der Waals surface area (Å²) in [4.78, 5) is 2.47. The minimum atomic E-state index is 0.141. The smallest absolute Gasteiger partial charge is 0.0558 e. The lowest BCUT2D eigenvalue weighted by Gasteiger charge is -2.45. The summed E-state index contributed by atoms with van der Waals surface area (Å²) in [6.45, 7) is 9.83. The summed E-state index contributed by atoms with van der Waals surface area (Å²) in [5.74, 6) is 0. The van der Waals surface area contributed by atoms with E-state index in [2.05, 4.69) is 32.6 Å². The normalized spacial score (nSPS) is 22.1. The SMILES string of the molecule is CC(N)C(N(CCO)C1CCCC1)C(C)(C)C. The van der Waals surface area contributed by atoms with Gasteiger partial charge in [0.1, 0.15) is 0 Å². The van der Waals surface area contributed by atoms with Crippen LogP contribution in [0.15, 0.2) is 0 Å². The van der Waals surface area contributed by atoms with Crippen molar-refractivity contribution in [1.29, 1.82) is 0 Å². The maximum absolute atomic E-state index is 9.31. The zero-order valence-electron chi connectivity index (χ0n) is 11.9. The van der Waals surface area contributed by atoms with Crippen molar-refractivity contribution in [2.45, 2.75) is 71.5 Å². The fraction of sp³-hybridized carbons (Fsp3) is 1.00. The topological polar surface area (TPSA) is 49.5 Å². The van der Waals surface area contributed by atoms with Crippen molar-refractivity contribution in [2.75, 3.05) is 13.2 Å². The van der Waals surface area contributed by atoms with Gasteiger partial charge in [-0.05, 0) is 25.2 Å². The van der Waals surface area contributed by atoms with Crippen molar-refractivity contribution >= 4 is 0 Å². The van der Waals surface area contributed by atoms with Crippen LogP contribution in [0, 0.1) is 5.41 Å². The monoisotopic (exact) mass is 242 g/mol. The first-order valence-electron chi connectivity index (χ1n) is 7.00. The number of aliphatic hydroxyl groups excluding tert-OH is 1. The van der Waals surface area contributed by atoms with E-state index in [-0.39, 0.29) is 18.1 Å². The molecule has 0 aromatic carbocycles. The number of nitrogens with two attached hydrogens (primary N) is 1. The van der Waals surface area contributed by atoms with Crippen LogP contribution in [0.25, 0.3) is 0 Å². The lowest BCUT2D eigenvalue weighted by molar-refractivity contribution is 0.0317. The van der Waals surface area contributed by atoms with Crippen LogP contribution in [0.3, 0.4) is 0 Å². The molecule has 0 heterocycles. The molecule has 0 aromatic rings. The van der Waals surface area contributed by atoms with Gasteiger partial charge < -0.3 is 10.8 Å². The lowest BCUT2D eigenvalue weighted by Crippen LogP contribution is -2.57. The molecule has 0 aromatic heterocycles. The summed E-state index contributed by atoms with van der Waals surface area (Å²) in [5.41, 5.74) is 6.36. The second-order valence-electron chi connectivity index (χ2n) is 6.57. The molecule has 0 aliphatic heterocycles. The Morgan fingerprint density at radius 3 is 2.18 bits per heavy atom. The zero-order valence-corrected chi connectivity index (χ0v) is 11.9. The highest BCUT2D eigenvalue weighted by Crippen LogP contribution is 2.32. The fourth-order valence-electron chi connectivity index (χ4n) is 3.49. The summed E-state index contributed by atoms with van der Waals surface area (Å²) in [5, 5.41) is 9.31. The van der Waals surface area contributed by atoms with E-state index >= 15 is 0 Å². The van der Waals surface area contributed by atoms with Gasteiger partial charge in [-0.3, -0.25) is 4.90 Å². The molecule has 102 valence electrons. The van der Waals surface area contributed by atoms with E-state index in [4.69, 9.17) is 5.73 Å². The Bertz CT molecular complexity index is 217. The Morgan fingerprint density at radius 1 is 1.29 bits per heavy atom. The highest BCUT2D eigenvalue weighted by molar-refractivity contribution is 4.93. The molecule has 1 aliphatic carbocycles. The predicted molar refractivity (Wildman–Crippen MR) is 72.9 cm³/mol. The third-order valence-corrected chi connectivity index (χ3v) is 3.89. The minimum absolute atomic E-state index is 0.141. The molecule has 3 heteroatoms. The molecule has 1 aliphatic rings. The van der Waals surface area contributed by atoms with Crippen LogP contribution in [0.2, 0.25) is 0 Å². The molecule has 0 saturated heterocycles. The second-order valence-corrected chi connectivity index (χ2v) is 6.57. The third-order valence-electron chi connectivity index (χ3n) is 3.89. The second kappa shape index (κ2) is 6.17. The highest BCUT2D eigenvalue weighted by Gasteiger charge is 2.37. The van der Waals surface area contributed by atoms with Gasteiger partial charge in [-0.1, -0.05) is 33.6 Å². The van der Waals surface area contributed by atoms with Crippen LogP contribution in [0.1, 0.15) is 53.4 Å². The molecule has 1 rings (SSSR count). The summed E-state index contributed by atoms with van der Waals surface area (Å²) in [6.07, 6.45) is 5.17. The molecule has 0 amide bonds. The van der Waals surface area contributed by atoms with E-state index in [1.807, 2.05) is 0 Å². The van der Waals surface area contributed by atoms with Crippen LogP contribution in [0.4, 0.5) is 0 Å². The highest BCUT2D eigenvalue weighted by atomic mass is 16.3. The standard InChI is InChI=1S/C14H30N2O/c1-11(15)13(14(2,3)4)16(9-10-17)12-7-5-6-8-12/h11-13,17H,5-10,15H2,1-4H3. The average Bonchev–Trinajstić information content (AvgIpc) is 2.66. The van der Waals surface area contributed by atoms with Crippen molar-refractivity contribution < 1.29 is 5.11 Å². The van der Waals surface area contributed by atoms with Gasteiger partial charge in [-0.2, -0.15) is 0 Å². The van der Waals surface area contributed by atoms with Gasteiger partial charge in [-0.25, -0.2) is 0 Å². The number of hydrogen-bond acceptors (Lipinski definition) is 3.